The monoisotopic (exact) mass is 360 g/mol. The van der Waals surface area contributed by atoms with Crippen molar-refractivity contribution in [2.24, 2.45) is 0 Å². The van der Waals surface area contributed by atoms with Gasteiger partial charge in [0, 0.05) is 22.7 Å². The lowest BCUT2D eigenvalue weighted by molar-refractivity contribution is -0.117. The summed E-state index contributed by atoms with van der Waals surface area (Å²) in [6.07, 6.45) is 1.56. The average molecular weight is 361 g/mol. The van der Waals surface area contributed by atoms with Crippen molar-refractivity contribution in [2.75, 3.05) is 5.32 Å². The number of hydrogen-bond donors (Lipinski definition) is 2. The number of fused-ring (bicyclic) bond motifs is 1. The van der Waals surface area contributed by atoms with Gasteiger partial charge in [0.2, 0.25) is 5.91 Å². The highest BCUT2D eigenvalue weighted by atomic mass is 35.5. The van der Waals surface area contributed by atoms with Crippen LogP contribution in [0.3, 0.4) is 0 Å². The number of nitrogens with one attached hydrogen (secondary N) is 2. The van der Waals surface area contributed by atoms with Crippen LogP contribution in [0, 0.1) is 0 Å². The number of aromatic amines is 1. The first-order chi connectivity index (χ1) is 11.5. The maximum atomic E-state index is 12.6. The summed E-state index contributed by atoms with van der Waals surface area (Å²) in [6, 6.07) is 12.1. The minimum Gasteiger partial charge on any atom is -0.329 e. The highest BCUT2D eigenvalue weighted by Gasteiger charge is 2.17. The summed E-state index contributed by atoms with van der Waals surface area (Å²) in [5.74, 6) is -0.613. The number of carbonyl (C=O) groups is 1. The highest BCUT2D eigenvalue weighted by Crippen LogP contribution is 2.28. The minimum absolute atomic E-state index is 0.193. The number of pyridine rings is 1. The van der Waals surface area contributed by atoms with Crippen LogP contribution in [0.5, 0.6) is 0 Å². The number of carbonyl (C=O) groups excluding carboxylic acids is 1. The number of halogens is 2. The molecule has 4 nitrogen and oxygen atoms in total. The molecule has 0 aliphatic carbocycles. The van der Waals surface area contributed by atoms with Gasteiger partial charge >= 0.3 is 0 Å². The van der Waals surface area contributed by atoms with Crippen molar-refractivity contribution in [1.82, 2.24) is 4.98 Å². The number of aromatic nitrogens is 1. The Hall–Kier alpha value is -2.30. The fourth-order valence-electron chi connectivity index (χ4n) is 2.50. The van der Waals surface area contributed by atoms with E-state index >= 15 is 0 Å². The van der Waals surface area contributed by atoms with Crippen molar-refractivity contribution in [3.8, 4) is 0 Å². The van der Waals surface area contributed by atoms with E-state index in [4.69, 9.17) is 23.2 Å². The van der Waals surface area contributed by atoms with Gasteiger partial charge in [-0.1, -0.05) is 35.3 Å². The van der Waals surface area contributed by atoms with Gasteiger partial charge in [0.1, 0.15) is 0 Å². The summed E-state index contributed by atoms with van der Waals surface area (Å²) in [4.78, 5) is 27.0. The van der Waals surface area contributed by atoms with Crippen molar-refractivity contribution < 1.29 is 4.79 Å². The van der Waals surface area contributed by atoms with E-state index in [0.29, 0.717) is 26.5 Å². The van der Waals surface area contributed by atoms with Gasteiger partial charge in [0.05, 0.1) is 16.0 Å². The molecule has 1 heterocycles. The van der Waals surface area contributed by atoms with E-state index in [2.05, 4.69) is 10.3 Å². The van der Waals surface area contributed by atoms with Gasteiger partial charge in [0.25, 0.3) is 5.56 Å². The molecule has 0 fully saturated rings. The maximum Gasteiger partial charge on any atom is 0.255 e. The van der Waals surface area contributed by atoms with E-state index in [-0.39, 0.29) is 11.5 Å². The lowest BCUT2D eigenvalue weighted by atomic mass is 10.00. The predicted octanol–water partition coefficient (Wildman–Crippen LogP) is 4.58. The van der Waals surface area contributed by atoms with E-state index in [9.17, 15) is 9.59 Å². The van der Waals surface area contributed by atoms with Gasteiger partial charge < -0.3 is 10.3 Å². The Morgan fingerprint density at radius 1 is 1.08 bits per heavy atom. The quantitative estimate of drug-likeness (QED) is 0.718. The van der Waals surface area contributed by atoms with Gasteiger partial charge in [-0.15, -0.1) is 0 Å². The summed E-state index contributed by atoms with van der Waals surface area (Å²) in [6.45, 7) is 1.78. The summed E-state index contributed by atoms with van der Waals surface area (Å²) in [7, 11) is 0. The second-order valence-corrected chi connectivity index (χ2v) is 6.27. The van der Waals surface area contributed by atoms with Crippen molar-refractivity contribution >= 4 is 45.6 Å². The number of amides is 1. The maximum absolute atomic E-state index is 12.6. The summed E-state index contributed by atoms with van der Waals surface area (Å²) < 4.78 is 0. The Labute approximate surface area is 148 Å². The van der Waals surface area contributed by atoms with E-state index in [1.165, 1.54) is 0 Å². The zero-order valence-corrected chi connectivity index (χ0v) is 14.3. The van der Waals surface area contributed by atoms with E-state index in [1.54, 1.807) is 55.6 Å². The molecule has 0 bridgehead atoms. The molecule has 122 valence electrons. The molecule has 3 aromatic rings. The Balaban J connectivity index is 1.91. The zero-order valence-electron chi connectivity index (χ0n) is 12.8. The van der Waals surface area contributed by atoms with Crippen LogP contribution < -0.4 is 10.9 Å². The number of hydrogen-bond acceptors (Lipinski definition) is 2. The average Bonchev–Trinajstić information content (AvgIpc) is 2.57. The number of benzene rings is 2. The molecule has 0 saturated heterocycles. The fourth-order valence-corrected chi connectivity index (χ4v) is 2.81. The third kappa shape index (κ3) is 3.16. The summed E-state index contributed by atoms with van der Waals surface area (Å²) >= 11 is 11.9. The van der Waals surface area contributed by atoms with Crippen LogP contribution in [-0.2, 0) is 4.79 Å². The Morgan fingerprint density at radius 2 is 1.88 bits per heavy atom. The number of H-pyrrole nitrogens is 1. The number of rotatable bonds is 3. The highest BCUT2D eigenvalue weighted by molar-refractivity contribution is 6.42. The first kappa shape index (κ1) is 16.6. The van der Waals surface area contributed by atoms with E-state index in [0.717, 1.165) is 5.56 Å². The number of anilines is 1. The van der Waals surface area contributed by atoms with Gasteiger partial charge in [-0.2, -0.15) is 0 Å². The molecule has 6 heteroatoms. The molecule has 0 aliphatic rings. The van der Waals surface area contributed by atoms with E-state index in [1.807, 2.05) is 0 Å². The normalized spacial score (nSPS) is 12.1. The standard InChI is InChI=1S/C18H14Cl2N2O2/c1-10(11-5-6-14(19)15(20)9-11)17(23)22-16-4-2-3-13-12(16)7-8-21-18(13)24/h2-10H,1H3,(H,21,24)(H,22,23). The Morgan fingerprint density at radius 3 is 2.62 bits per heavy atom. The van der Waals surface area contributed by atoms with Crippen LogP contribution in [0.1, 0.15) is 18.4 Å². The molecule has 1 unspecified atom stereocenters. The van der Waals surface area contributed by atoms with Crippen molar-refractivity contribution in [3.63, 3.8) is 0 Å². The molecule has 0 radical (unpaired) electrons. The molecule has 0 aliphatic heterocycles. The van der Waals surface area contributed by atoms with Gasteiger partial charge in [-0.05, 0) is 42.8 Å². The lowest BCUT2D eigenvalue weighted by Gasteiger charge is -2.14. The van der Waals surface area contributed by atoms with Crippen molar-refractivity contribution in [3.05, 3.63) is 74.6 Å². The molecule has 1 atom stereocenters. The smallest absolute Gasteiger partial charge is 0.255 e. The SMILES string of the molecule is CC(C(=O)Nc1cccc2c(=O)[nH]ccc12)c1ccc(Cl)c(Cl)c1. The third-order valence-electron chi connectivity index (χ3n) is 3.91. The van der Waals surface area contributed by atoms with Crippen molar-refractivity contribution in [2.45, 2.75) is 12.8 Å². The molecular formula is C18H14Cl2N2O2. The van der Waals surface area contributed by atoms with Crippen LogP contribution in [0.2, 0.25) is 10.0 Å². The lowest BCUT2D eigenvalue weighted by Crippen LogP contribution is -2.19. The van der Waals surface area contributed by atoms with E-state index < -0.39 is 5.92 Å². The second-order valence-electron chi connectivity index (χ2n) is 5.46. The van der Waals surface area contributed by atoms with Gasteiger partial charge in [-0.25, -0.2) is 0 Å². The summed E-state index contributed by atoms with van der Waals surface area (Å²) in [5, 5.41) is 4.95. The minimum atomic E-state index is -0.419. The zero-order chi connectivity index (χ0) is 17.3. The van der Waals surface area contributed by atoms with Crippen molar-refractivity contribution in [1.29, 1.82) is 0 Å². The largest absolute Gasteiger partial charge is 0.329 e. The van der Waals surface area contributed by atoms with Gasteiger partial charge in [-0.3, -0.25) is 9.59 Å². The molecule has 3 rings (SSSR count). The van der Waals surface area contributed by atoms with Crippen LogP contribution in [0.25, 0.3) is 10.8 Å². The molecule has 1 amide bonds. The van der Waals surface area contributed by atoms with Crippen LogP contribution in [-0.4, -0.2) is 10.9 Å². The molecule has 2 aromatic carbocycles. The Kier molecular flexibility index (Phi) is 4.60. The molecule has 0 saturated carbocycles. The molecule has 0 spiro atoms. The second kappa shape index (κ2) is 6.67. The first-order valence-corrected chi connectivity index (χ1v) is 8.09. The third-order valence-corrected chi connectivity index (χ3v) is 4.65. The molecule has 2 N–H and O–H groups in total. The molecular weight excluding hydrogens is 347 g/mol. The Bertz CT molecular complexity index is 982. The van der Waals surface area contributed by atoms with Gasteiger partial charge in [0.15, 0.2) is 0 Å². The molecule has 24 heavy (non-hydrogen) atoms. The topological polar surface area (TPSA) is 62.0 Å². The predicted molar refractivity (Wildman–Crippen MR) is 98.1 cm³/mol. The van der Waals surface area contributed by atoms with Crippen LogP contribution >= 0.6 is 23.2 Å². The van der Waals surface area contributed by atoms with Crippen LogP contribution in [0.15, 0.2) is 53.5 Å². The summed E-state index contributed by atoms with van der Waals surface area (Å²) in [5.41, 5.74) is 1.16. The first-order valence-electron chi connectivity index (χ1n) is 7.33. The molecule has 1 aromatic heterocycles. The fraction of sp³-hybridized carbons (Fsp3) is 0.111. The van der Waals surface area contributed by atoms with Crippen LogP contribution in [0.4, 0.5) is 5.69 Å².